The first-order valence-corrected chi connectivity index (χ1v) is 6.90. The van der Waals surface area contributed by atoms with Gasteiger partial charge in [0, 0.05) is 5.56 Å². The molecule has 1 aliphatic rings. The van der Waals surface area contributed by atoms with Crippen molar-refractivity contribution >= 4 is 5.91 Å². The normalized spacial score (nSPS) is 17.2. The number of benzene rings is 1. The van der Waals surface area contributed by atoms with Crippen molar-refractivity contribution in [2.75, 3.05) is 6.54 Å². The third kappa shape index (κ3) is 2.83. The molecule has 21 heavy (non-hydrogen) atoms. The van der Waals surface area contributed by atoms with Crippen molar-refractivity contribution in [1.82, 2.24) is 5.32 Å². The molecule has 1 saturated carbocycles. The van der Waals surface area contributed by atoms with Gasteiger partial charge in [-0.05, 0) is 49.1 Å². The van der Waals surface area contributed by atoms with Crippen LogP contribution < -0.4 is 5.32 Å². The Labute approximate surface area is 121 Å². The zero-order valence-corrected chi connectivity index (χ0v) is 11.4. The maximum atomic E-state index is 13.1. The standard InChI is InChI=1S/C16H16FNO3/c17-13-4-1-3-11(9-13)15(19)18-10-16(20,12-6-7-12)14-5-2-8-21-14/h1-5,8-9,12,20H,6-7,10H2,(H,18,19). The fourth-order valence-corrected chi connectivity index (χ4v) is 2.47. The number of halogens is 1. The molecule has 1 aromatic heterocycles. The summed E-state index contributed by atoms with van der Waals surface area (Å²) in [5.41, 5.74) is -0.973. The molecule has 1 heterocycles. The molecule has 0 radical (unpaired) electrons. The largest absolute Gasteiger partial charge is 0.466 e. The highest BCUT2D eigenvalue weighted by atomic mass is 19.1. The van der Waals surface area contributed by atoms with Crippen LogP contribution in [0.5, 0.6) is 0 Å². The van der Waals surface area contributed by atoms with Crippen molar-refractivity contribution in [2.24, 2.45) is 5.92 Å². The van der Waals surface area contributed by atoms with Crippen molar-refractivity contribution in [3.63, 3.8) is 0 Å². The SMILES string of the molecule is O=C(NCC(O)(c1ccco1)C1CC1)c1cccc(F)c1. The molecule has 0 aliphatic heterocycles. The van der Waals surface area contributed by atoms with E-state index in [1.165, 1.54) is 30.5 Å². The maximum Gasteiger partial charge on any atom is 0.251 e. The molecule has 5 heteroatoms. The lowest BCUT2D eigenvalue weighted by atomic mass is 9.94. The average molecular weight is 289 g/mol. The summed E-state index contributed by atoms with van der Waals surface area (Å²) in [6.07, 6.45) is 3.29. The number of hydrogen-bond donors (Lipinski definition) is 2. The molecule has 1 atom stereocenters. The van der Waals surface area contributed by atoms with Crippen LogP contribution in [0.1, 0.15) is 29.0 Å². The summed E-state index contributed by atoms with van der Waals surface area (Å²) in [6, 6.07) is 8.85. The predicted molar refractivity (Wildman–Crippen MR) is 74.1 cm³/mol. The predicted octanol–water partition coefficient (Wildman–Crippen LogP) is 2.45. The quantitative estimate of drug-likeness (QED) is 0.888. The smallest absolute Gasteiger partial charge is 0.251 e. The van der Waals surface area contributed by atoms with Crippen molar-refractivity contribution in [3.05, 3.63) is 59.8 Å². The van der Waals surface area contributed by atoms with E-state index in [1.54, 1.807) is 12.1 Å². The molecule has 1 unspecified atom stereocenters. The van der Waals surface area contributed by atoms with Crippen molar-refractivity contribution in [2.45, 2.75) is 18.4 Å². The summed E-state index contributed by atoms with van der Waals surface area (Å²) in [5, 5.41) is 13.4. The molecule has 0 saturated heterocycles. The average Bonchev–Trinajstić information content (AvgIpc) is 3.19. The van der Waals surface area contributed by atoms with Crippen molar-refractivity contribution in [3.8, 4) is 0 Å². The van der Waals surface area contributed by atoms with Crippen LogP contribution in [0.4, 0.5) is 4.39 Å². The Morgan fingerprint density at radius 3 is 2.81 bits per heavy atom. The topological polar surface area (TPSA) is 62.5 Å². The van der Waals surface area contributed by atoms with E-state index in [0.717, 1.165) is 12.8 Å². The number of furan rings is 1. The highest BCUT2D eigenvalue weighted by Gasteiger charge is 2.47. The first-order chi connectivity index (χ1) is 10.1. The lowest BCUT2D eigenvalue weighted by Gasteiger charge is -2.26. The molecule has 1 aliphatic carbocycles. The first kappa shape index (κ1) is 13.8. The number of amides is 1. The number of rotatable bonds is 5. The van der Waals surface area contributed by atoms with Gasteiger partial charge in [0.05, 0.1) is 12.8 Å². The Kier molecular flexibility index (Phi) is 3.51. The lowest BCUT2D eigenvalue weighted by Crippen LogP contribution is -2.42. The fourth-order valence-electron chi connectivity index (χ4n) is 2.47. The Morgan fingerprint density at radius 2 is 2.19 bits per heavy atom. The second-order valence-electron chi connectivity index (χ2n) is 5.37. The third-order valence-corrected chi connectivity index (χ3v) is 3.81. The molecule has 3 rings (SSSR count). The molecule has 110 valence electrons. The molecule has 4 nitrogen and oxygen atoms in total. The third-order valence-electron chi connectivity index (χ3n) is 3.81. The number of carbonyl (C=O) groups excluding carboxylic acids is 1. The lowest BCUT2D eigenvalue weighted by molar-refractivity contribution is -0.00611. The van der Waals surface area contributed by atoms with Gasteiger partial charge in [-0.15, -0.1) is 0 Å². The Morgan fingerprint density at radius 1 is 1.38 bits per heavy atom. The summed E-state index contributed by atoms with van der Waals surface area (Å²) < 4.78 is 18.4. The summed E-state index contributed by atoms with van der Waals surface area (Å²) in [4.78, 5) is 12.0. The minimum absolute atomic E-state index is 0.0422. The van der Waals surface area contributed by atoms with Gasteiger partial charge in [0.2, 0.25) is 0 Å². The zero-order valence-electron chi connectivity index (χ0n) is 11.4. The van der Waals surface area contributed by atoms with E-state index in [0.29, 0.717) is 5.76 Å². The molecule has 0 bridgehead atoms. The van der Waals surface area contributed by atoms with Gasteiger partial charge in [-0.1, -0.05) is 6.07 Å². The molecular formula is C16H16FNO3. The van der Waals surface area contributed by atoms with Gasteiger partial charge >= 0.3 is 0 Å². The Hall–Kier alpha value is -2.14. The van der Waals surface area contributed by atoms with E-state index in [1.807, 2.05) is 0 Å². The van der Waals surface area contributed by atoms with Gasteiger partial charge in [-0.3, -0.25) is 4.79 Å². The number of hydrogen-bond acceptors (Lipinski definition) is 3. The van der Waals surface area contributed by atoms with Crippen LogP contribution in [-0.4, -0.2) is 17.6 Å². The fraction of sp³-hybridized carbons (Fsp3) is 0.312. The molecular weight excluding hydrogens is 273 g/mol. The van der Waals surface area contributed by atoms with Crippen LogP contribution in [0.3, 0.4) is 0 Å². The second-order valence-corrected chi connectivity index (χ2v) is 5.37. The maximum absolute atomic E-state index is 13.1. The van der Waals surface area contributed by atoms with Crippen molar-refractivity contribution < 1.29 is 18.7 Å². The zero-order chi connectivity index (χ0) is 14.9. The molecule has 0 spiro atoms. The van der Waals surface area contributed by atoms with E-state index < -0.39 is 17.3 Å². The molecule has 2 aromatic rings. The van der Waals surface area contributed by atoms with E-state index >= 15 is 0 Å². The number of nitrogens with one attached hydrogen (secondary N) is 1. The van der Waals surface area contributed by atoms with E-state index in [9.17, 15) is 14.3 Å². The van der Waals surface area contributed by atoms with Gasteiger partial charge in [-0.25, -0.2) is 4.39 Å². The number of aliphatic hydroxyl groups is 1. The second kappa shape index (κ2) is 5.33. The van der Waals surface area contributed by atoms with Gasteiger partial charge in [-0.2, -0.15) is 0 Å². The summed E-state index contributed by atoms with van der Waals surface area (Å²) in [5.74, 6) is -0.354. The summed E-state index contributed by atoms with van der Waals surface area (Å²) in [7, 11) is 0. The summed E-state index contributed by atoms with van der Waals surface area (Å²) >= 11 is 0. The van der Waals surface area contributed by atoms with Gasteiger partial charge < -0.3 is 14.8 Å². The molecule has 1 aromatic carbocycles. The van der Waals surface area contributed by atoms with Gasteiger partial charge in [0.1, 0.15) is 17.2 Å². The number of carbonyl (C=O) groups is 1. The first-order valence-electron chi connectivity index (χ1n) is 6.90. The van der Waals surface area contributed by atoms with E-state index in [2.05, 4.69) is 5.32 Å². The van der Waals surface area contributed by atoms with Gasteiger partial charge in [0.25, 0.3) is 5.91 Å². The van der Waals surface area contributed by atoms with Crippen LogP contribution in [0.2, 0.25) is 0 Å². The highest BCUT2D eigenvalue weighted by Crippen LogP contribution is 2.45. The Bertz CT molecular complexity index is 637. The molecule has 2 N–H and O–H groups in total. The highest BCUT2D eigenvalue weighted by molar-refractivity contribution is 5.94. The van der Waals surface area contributed by atoms with Crippen LogP contribution in [0, 0.1) is 11.7 Å². The van der Waals surface area contributed by atoms with Crippen LogP contribution in [0.15, 0.2) is 47.1 Å². The monoisotopic (exact) mass is 289 g/mol. The van der Waals surface area contributed by atoms with Crippen LogP contribution in [-0.2, 0) is 5.60 Å². The van der Waals surface area contributed by atoms with Crippen LogP contribution >= 0.6 is 0 Å². The van der Waals surface area contributed by atoms with Crippen molar-refractivity contribution in [1.29, 1.82) is 0 Å². The van der Waals surface area contributed by atoms with Gasteiger partial charge in [0.15, 0.2) is 0 Å². The minimum atomic E-state index is -1.20. The molecule has 1 fully saturated rings. The van der Waals surface area contributed by atoms with E-state index in [4.69, 9.17) is 4.42 Å². The summed E-state index contributed by atoms with van der Waals surface area (Å²) in [6.45, 7) is 0.0422. The van der Waals surface area contributed by atoms with Crippen LogP contribution in [0.25, 0.3) is 0 Å². The molecule has 1 amide bonds. The van der Waals surface area contributed by atoms with E-state index in [-0.39, 0.29) is 18.0 Å². The minimum Gasteiger partial charge on any atom is -0.466 e. The Balaban J connectivity index is 1.72.